The Bertz CT molecular complexity index is 1330. The van der Waals surface area contributed by atoms with Gasteiger partial charge in [-0.15, -0.1) is 10.2 Å². The minimum atomic E-state index is -0.399. The second kappa shape index (κ2) is 7.49. The van der Waals surface area contributed by atoms with E-state index in [1.165, 1.54) is 6.20 Å². The number of rotatable bonds is 4. The predicted octanol–water partition coefficient (Wildman–Crippen LogP) is 4.04. The van der Waals surface area contributed by atoms with E-state index in [4.69, 9.17) is 4.74 Å². The third-order valence-electron chi connectivity index (χ3n) is 5.20. The number of amides is 2. The molecule has 0 spiro atoms. The van der Waals surface area contributed by atoms with Crippen LogP contribution in [0.25, 0.3) is 11.2 Å². The van der Waals surface area contributed by atoms with E-state index in [-0.39, 0.29) is 11.8 Å². The van der Waals surface area contributed by atoms with E-state index in [0.717, 1.165) is 11.1 Å². The Morgan fingerprint density at radius 2 is 1.97 bits per heavy atom. The summed E-state index contributed by atoms with van der Waals surface area (Å²) in [7, 11) is 1.57. The topological polar surface area (TPSA) is 97.4 Å². The highest BCUT2D eigenvalue weighted by atomic mass is 16.5. The molecule has 1 atom stereocenters. The van der Waals surface area contributed by atoms with Gasteiger partial charge in [0.1, 0.15) is 5.75 Å². The van der Waals surface area contributed by atoms with E-state index in [1.807, 2.05) is 36.4 Å². The van der Waals surface area contributed by atoms with Crippen molar-refractivity contribution in [1.82, 2.24) is 9.61 Å². The van der Waals surface area contributed by atoms with Crippen LogP contribution in [0.5, 0.6) is 5.75 Å². The number of aromatic nitrogens is 2. The molecule has 1 N–H and O–H groups in total. The van der Waals surface area contributed by atoms with Gasteiger partial charge in [-0.3, -0.25) is 9.59 Å². The fourth-order valence-electron chi connectivity index (χ4n) is 3.60. The van der Waals surface area contributed by atoms with Crippen LogP contribution in [0.1, 0.15) is 15.9 Å². The molecule has 8 nitrogen and oxygen atoms in total. The van der Waals surface area contributed by atoms with Crippen LogP contribution < -0.4 is 10.1 Å². The zero-order valence-electron chi connectivity index (χ0n) is 16.5. The fraction of sp³-hybridized carbons (Fsp3) is 0.0870. The molecule has 2 amide bonds. The smallest absolute Gasteiger partial charge is 0.276 e. The zero-order valence-corrected chi connectivity index (χ0v) is 16.5. The van der Waals surface area contributed by atoms with E-state index in [1.54, 1.807) is 42.1 Å². The summed E-state index contributed by atoms with van der Waals surface area (Å²) in [5, 5.41) is 15.0. The van der Waals surface area contributed by atoms with Crippen molar-refractivity contribution in [2.45, 2.75) is 0 Å². The number of hydrogen-bond acceptors (Lipinski definition) is 5. The van der Waals surface area contributed by atoms with E-state index in [9.17, 15) is 9.59 Å². The summed E-state index contributed by atoms with van der Waals surface area (Å²) in [5.41, 5.74) is 4.00. The highest BCUT2D eigenvalue weighted by Crippen LogP contribution is 2.34. The van der Waals surface area contributed by atoms with Gasteiger partial charge in [-0.05, 0) is 23.8 Å². The van der Waals surface area contributed by atoms with Gasteiger partial charge in [0.2, 0.25) is 0 Å². The van der Waals surface area contributed by atoms with Gasteiger partial charge in [0, 0.05) is 23.5 Å². The third-order valence-corrected chi connectivity index (χ3v) is 5.20. The maximum Gasteiger partial charge on any atom is 0.276 e. The van der Waals surface area contributed by atoms with Crippen LogP contribution in [0, 0.1) is 5.92 Å². The van der Waals surface area contributed by atoms with Crippen LogP contribution in [0.15, 0.2) is 88.9 Å². The fourth-order valence-corrected chi connectivity index (χ4v) is 3.60. The third kappa shape index (κ3) is 3.33. The lowest BCUT2D eigenvalue weighted by molar-refractivity contribution is -0.119. The number of methoxy groups -OCH3 is 1. The van der Waals surface area contributed by atoms with Gasteiger partial charge in [0.25, 0.3) is 11.8 Å². The van der Waals surface area contributed by atoms with Gasteiger partial charge < -0.3 is 10.1 Å². The van der Waals surface area contributed by atoms with Crippen molar-refractivity contribution in [3.63, 3.8) is 0 Å². The second-order valence-electron chi connectivity index (χ2n) is 7.05. The van der Waals surface area contributed by atoms with Crippen molar-refractivity contribution < 1.29 is 14.3 Å². The number of allylic oxidation sites excluding steroid dienone is 3. The molecule has 2 aliphatic rings. The summed E-state index contributed by atoms with van der Waals surface area (Å²) >= 11 is 0. The second-order valence-corrected chi connectivity index (χ2v) is 7.05. The van der Waals surface area contributed by atoms with Crippen LogP contribution in [0.4, 0.5) is 5.69 Å². The summed E-state index contributed by atoms with van der Waals surface area (Å²) in [6, 6.07) is 10.8. The number of carbonyl (C=O) groups excluding carboxylic acids is 2. The molecule has 1 aliphatic heterocycles. The van der Waals surface area contributed by atoms with Gasteiger partial charge in [0.15, 0.2) is 0 Å². The number of nitrogens with one attached hydrogen (secondary N) is 1. The van der Waals surface area contributed by atoms with Crippen LogP contribution >= 0.6 is 0 Å². The van der Waals surface area contributed by atoms with Crippen molar-refractivity contribution in [2.75, 3.05) is 12.4 Å². The van der Waals surface area contributed by atoms with Gasteiger partial charge in [-0.2, -0.15) is 5.10 Å². The number of fused-ring (bicyclic) bond motifs is 2. The Labute approximate surface area is 177 Å². The standard InChI is InChI=1S/C23H17N5O3/c1-31-16-10-11-28-20(12-16)19(13-24-28)22(29)25-15-8-6-14(7-9-15)21-17-4-2-3-5-18(17)23(30)27-26-21/h2-13,18H,1H3,(H,25,29). The van der Waals surface area contributed by atoms with E-state index < -0.39 is 5.92 Å². The number of nitrogens with zero attached hydrogens (tertiary/aromatic N) is 4. The molecule has 0 bridgehead atoms. The molecule has 152 valence electrons. The number of azo groups is 1. The van der Waals surface area contributed by atoms with E-state index in [0.29, 0.717) is 28.2 Å². The average Bonchev–Trinajstić information content (AvgIpc) is 3.23. The zero-order chi connectivity index (χ0) is 21.4. The minimum absolute atomic E-state index is 0.270. The van der Waals surface area contributed by atoms with Crippen molar-refractivity contribution in [3.8, 4) is 5.75 Å². The summed E-state index contributed by atoms with van der Waals surface area (Å²) in [5.74, 6) is -0.301. The molecule has 2 aromatic heterocycles. The van der Waals surface area contributed by atoms with Crippen LogP contribution in [-0.2, 0) is 4.79 Å². The Hall–Kier alpha value is -4.33. The normalized spacial score (nSPS) is 17.2. The molecule has 0 radical (unpaired) electrons. The number of pyridine rings is 1. The highest BCUT2D eigenvalue weighted by molar-refractivity contribution is 6.09. The minimum Gasteiger partial charge on any atom is -0.497 e. The first-order valence-electron chi connectivity index (χ1n) is 9.62. The Morgan fingerprint density at radius 1 is 1.13 bits per heavy atom. The Morgan fingerprint density at radius 3 is 2.77 bits per heavy atom. The Kier molecular flexibility index (Phi) is 4.51. The van der Waals surface area contributed by atoms with Crippen molar-refractivity contribution in [1.29, 1.82) is 0 Å². The van der Waals surface area contributed by atoms with E-state index >= 15 is 0 Å². The lowest BCUT2D eigenvalue weighted by Crippen LogP contribution is -2.17. The number of hydrogen-bond donors (Lipinski definition) is 1. The molecule has 8 heteroatoms. The first-order valence-corrected chi connectivity index (χ1v) is 9.62. The van der Waals surface area contributed by atoms with Crippen molar-refractivity contribution in [2.24, 2.45) is 16.1 Å². The number of ether oxygens (including phenoxy) is 1. The molecular formula is C23H17N5O3. The van der Waals surface area contributed by atoms with Crippen molar-refractivity contribution in [3.05, 3.63) is 89.8 Å². The monoisotopic (exact) mass is 411 g/mol. The Balaban J connectivity index is 1.40. The largest absolute Gasteiger partial charge is 0.497 e. The highest BCUT2D eigenvalue weighted by Gasteiger charge is 2.27. The molecule has 31 heavy (non-hydrogen) atoms. The number of anilines is 1. The van der Waals surface area contributed by atoms with Crippen LogP contribution in [0.3, 0.4) is 0 Å². The van der Waals surface area contributed by atoms with Gasteiger partial charge >= 0.3 is 0 Å². The molecule has 1 unspecified atom stereocenters. The van der Waals surface area contributed by atoms with Gasteiger partial charge in [-0.1, -0.05) is 36.4 Å². The molecule has 3 aromatic rings. The summed E-state index contributed by atoms with van der Waals surface area (Å²) in [6.07, 6.45) is 10.7. The molecule has 1 aromatic carbocycles. The molecular weight excluding hydrogens is 394 g/mol. The van der Waals surface area contributed by atoms with Crippen molar-refractivity contribution >= 4 is 28.7 Å². The quantitative estimate of drug-likeness (QED) is 0.701. The lowest BCUT2D eigenvalue weighted by Gasteiger charge is -2.19. The summed E-state index contributed by atoms with van der Waals surface area (Å²) in [4.78, 5) is 24.8. The predicted molar refractivity (Wildman–Crippen MR) is 115 cm³/mol. The summed E-state index contributed by atoms with van der Waals surface area (Å²) in [6.45, 7) is 0. The molecule has 5 rings (SSSR count). The molecule has 0 fully saturated rings. The number of benzene rings is 1. The maximum absolute atomic E-state index is 12.8. The molecule has 0 saturated heterocycles. The van der Waals surface area contributed by atoms with Gasteiger partial charge in [-0.25, -0.2) is 4.52 Å². The lowest BCUT2D eigenvalue weighted by atomic mass is 9.89. The first-order chi connectivity index (χ1) is 15.1. The molecule has 3 heterocycles. The van der Waals surface area contributed by atoms with E-state index in [2.05, 4.69) is 20.6 Å². The summed E-state index contributed by atoms with van der Waals surface area (Å²) < 4.78 is 6.85. The SMILES string of the molecule is COc1ccn2ncc(C(=O)Nc3ccc(C4=C5C=CC=CC5C(=O)N=N4)cc3)c2c1. The molecule has 1 aliphatic carbocycles. The number of carbonyl (C=O) groups is 2. The maximum atomic E-state index is 12.8. The molecule has 0 saturated carbocycles. The van der Waals surface area contributed by atoms with Gasteiger partial charge in [0.05, 0.1) is 36.0 Å². The first kappa shape index (κ1) is 18.7. The van der Waals surface area contributed by atoms with Crippen LogP contribution in [-0.4, -0.2) is 28.5 Å². The van der Waals surface area contributed by atoms with Crippen LogP contribution in [0.2, 0.25) is 0 Å². The average molecular weight is 411 g/mol.